The third-order valence-electron chi connectivity index (χ3n) is 4.22. The van der Waals surface area contributed by atoms with E-state index in [4.69, 9.17) is 4.42 Å². The molecule has 2 aromatic heterocycles. The van der Waals surface area contributed by atoms with Crippen molar-refractivity contribution >= 4 is 5.97 Å². The third-order valence-corrected chi connectivity index (χ3v) is 4.22. The van der Waals surface area contributed by atoms with Crippen LogP contribution < -0.4 is 0 Å². The van der Waals surface area contributed by atoms with Crippen molar-refractivity contribution in [3.05, 3.63) is 60.0 Å². The largest absolute Gasteiger partial charge is 0.480 e. The molecule has 0 saturated heterocycles. The van der Waals surface area contributed by atoms with E-state index in [1.54, 1.807) is 12.6 Å². The van der Waals surface area contributed by atoms with Crippen LogP contribution >= 0.6 is 0 Å². The molecule has 0 fully saturated rings. The summed E-state index contributed by atoms with van der Waals surface area (Å²) >= 11 is 0. The fourth-order valence-electron chi connectivity index (χ4n) is 3.00. The van der Waals surface area contributed by atoms with Crippen molar-refractivity contribution in [1.29, 1.82) is 0 Å². The summed E-state index contributed by atoms with van der Waals surface area (Å²) in [6.07, 6.45) is 3.58. The number of rotatable bonds is 4. The van der Waals surface area contributed by atoms with E-state index < -0.39 is 12.0 Å². The lowest BCUT2D eigenvalue weighted by atomic mass is 10.0. The van der Waals surface area contributed by atoms with Gasteiger partial charge in [0, 0.05) is 25.1 Å². The molecule has 1 aromatic carbocycles. The van der Waals surface area contributed by atoms with E-state index in [1.165, 1.54) is 0 Å². The predicted octanol–water partition coefficient (Wildman–Crippen LogP) is 2.08. The summed E-state index contributed by atoms with van der Waals surface area (Å²) < 4.78 is 5.54. The Kier molecular flexibility index (Phi) is 3.62. The lowest BCUT2D eigenvalue weighted by Crippen LogP contribution is -2.45. The summed E-state index contributed by atoms with van der Waals surface area (Å²) in [7, 11) is 0. The van der Waals surface area contributed by atoms with Crippen molar-refractivity contribution in [3.63, 3.8) is 0 Å². The molecule has 3 heterocycles. The molecule has 122 valence electrons. The van der Waals surface area contributed by atoms with Gasteiger partial charge in [-0.1, -0.05) is 18.2 Å². The Morgan fingerprint density at radius 2 is 2.21 bits per heavy atom. The molecule has 24 heavy (non-hydrogen) atoms. The number of carboxylic acids is 1. The van der Waals surface area contributed by atoms with Crippen molar-refractivity contribution in [1.82, 2.24) is 19.9 Å². The standard InChI is InChI=1S/C17H16N4O3/c22-17(23)15-6-13-14(19-10-18-13)8-21(15)7-12-9-24-16(20-12)11-4-2-1-3-5-11/h1-5,9-10,15H,6-8H2,(H,18,19)(H,22,23). The average molecular weight is 324 g/mol. The zero-order valence-corrected chi connectivity index (χ0v) is 12.8. The molecule has 2 N–H and O–H groups in total. The molecule has 0 aliphatic carbocycles. The minimum atomic E-state index is -0.851. The number of nitrogens with zero attached hydrogens (tertiary/aromatic N) is 3. The van der Waals surface area contributed by atoms with Crippen molar-refractivity contribution in [2.24, 2.45) is 0 Å². The molecule has 0 amide bonds. The van der Waals surface area contributed by atoms with Crippen LogP contribution in [0.2, 0.25) is 0 Å². The van der Waals surface area contributed by atoms with Crippen LogP contribution in [0.5, 0.6) is 0 Å². The van der Waals surface area contributed by atoms with Gasteiger partial charge in [0.05, 0.1) is 23.4 Å². The van der Waals surface area contributed by atoms with Crippen molar-refractivity contribution < 1.29 is 14.3 Å². The molecular weight excluding hydrogens is 308 g/mol. The summed E-state index contributed by atoms with van der Waals surface area (Å²) in [5.74, 6) is -0.313. The van der Waals surface area contributed by atoms with E-state index in [0.29, 0.717) is 31.1 Å². The second-order valence-electron chi connectivity index (χ2n) is 5.80. The zero-order valence-electron chi connectivity index (χ0n) is 12.8. The predicted molar refractivity (Wildman–Crippen MR) is 84.9 cm³/mol. The lowest BCUT2D eigenvalue weighted by molar-refractivity contribution is -0.144. The molecule has 1 atom stereocenters. The smallest absolute Gasteiger partial charge is 0.321 e. The van der Waals surface area contributed by atoms with Gasteiger partial charge in [0.1, 0.15) is 12.3 Å². The van der Waals surface area contributed by atoms with E-state index >= 15 is 0 Å². The summed E-state index contributed by atoms with van der Waals surface area (Å²) in [5, 5.41) is 9.51. The summed E-state index contributed by atoms with van der Waals surface area (Å²) in [5.41, 5.74) is 3.39. The number of imidazole rings is 1. The second-order valence-corrected chi connectivity index (χ2v) is 5.80. The number of fused-ring (bicyclic) bond motifs is 1. The molecule has 0 radical (unpaired) electrons. The summed E-state index contributed by atoms with van der Waals surface area (Å²) in [4.78, 5) is 25.2. The first kappa shape index (κ1) is 14.6. The van der Waals surface area contributed by atoms with Crippen LogP contribution in [-0.4, -0.2) is 37.0 Å². The number of oxazole rings is 1. The van der Waals surface area contributed by atoms with Gasteiger partial charge in [-0.25, -0.2) is 9.97 Å². The Labute approximate surface area is 138 Å². The highest BCUT2D eigenvalue weighted by Crippen LogP contribution is 2.24. The Morgan fingerprint density at radius 1 is 1.38 bits per heavy atom. The van der Waals surface area contributed by atoms with E-state index in [2.05, 4.69) is 15.0 Å². The highest BCUT2D eigenvalue weighted by molar-refractivity contribution is 5.74. The third kappa shape index (κ3) is 2.69. The molecule has 1 unspecified atom stereocenters. The van der Waals surface area contributed by atoms with Crippen LogP contribution in [0.1, 0.15) is 17.1 Å². The van der Waals surface area contributed by atoms with Crippen molar-refractivity contribution in [2.45, 2.75) is 25.6 Å². The lowest BCUT2D eigenvalue weighted by Gasteiger charge is -2.31. The van der Waals surface area contributed by atoms with Crippen LogP contribution in [0.4, 0.5) is 0 Å². The van der Waals surface area contributed by atoms with Crippen LogP contribution in [0.25, 0.3) is 11.5 Å². The number of aromatic nitrogens is 3. The minimum absolute atomic E-state index is 0.386. The van der Waals surface area contributed by atoms with Gasteiger partial charge in [-0.2, -0.15) is 0 Å². The molecule has 1 aliphatic rings. The van der Waals surface area contributed by atoms with Gasteiger partial charge in [0.25, 0.3) is 0 Å². The molecule has 0 bridgehead atoms. The van der Waals surface area contributed by atoms with Gasteiger partial charge in [0.15, 0.2) is 0 Å². The Hall–Kier alpha value is -2.93. The first-order valence-corrected chi connectivity index (χ1v) is 7.68. The number of carbonyl (C=O) groups is 1. The average Bonchev–Trinajstić information content (AvgIpc) is 3.23. The van der Waals surface area contributed by atoms with E-state index in [9.17, 15) is 9.90 Å². The quantitative estimate of drug-likeness (QED) is 0.763. The number of carboxylic acid groups (broad SMARTS) is 1. The second kappa shape index (κ2) is 5.93. The number of hydrogen-bond acceptors (Lipinski definition) is 5. The Morgan fingerprint density at radius 3 is 3.00 bits per heavy atom. The first-order valence-electron chi connectivity index (χ1n) is 7.68. The highest BCUT2D eigenvalue weighted by Gasteiger charge is 2.33. The van der Waals surface area contributed by atoms with E-state index in [0.717, 1.165) is 17.0 Å². The van der Waals surface area contributed by atoms with E-state index in [-0.39, 0.29) is 0 Å². The van der Waals surface area contributed by atoms with E-state index in [1.807, 2.05) is 35.2 Å². The van der Waals surface area contributed by atoms with Crippen molar-refractivity contribution in [3.8, 4) is 11.5 Å². The van der Waals surface area contributed by atoms with Gasteiger partial charge in [-0.3, -0.25) is 9.69 Å². The van der Waals surface area contributed by atoms with Gasteiger partial charge in [-0.05, 0) is 12.1 Å². The SMILES string of the molecule is O=C(O)C1Cc2nc[nH]c2CN1Cc1coc(-c2ccccc2)n1. The van der Waals surface area contributed by atoms with Gasteiger partial charge in [-0.15, -0.1) is 0 Å². The van der Waals surface area contributed by atoms with Gasteiger partial charge >= 0.3 is 5.97 Å². The Balaban J connectivity index is 1.56. The number of hydrogen-bond donors (Lipinski definition) is 2. The van der Waals surface area contributed by atoms with Crippen LogP contribution in [0, 0.1) is 0 Å². The Bertz CT molecular complexity index is 856. The maximum Gasteiger partial charge on any atom is 0.321 e. The summed E-state index contributed by atoms with van der Waals surface area (Å²) in [6, 6.07) is 9.01. The summed E-state index contributed by atoms with van der Waals surface area (Å²) in [6.45, 7) is 0.908. The molecule has 4 rings (SSSR count). The molecule has 0 spiro atoms. The molecule has 1 aliphatic heterocycles. The fraction of sp³-hybridized carbons (Fsp3) is 0.235. The fourth-order valence-corrected chi connectivity index (χ4v) is 3.00. The number of aliphatic carboxylic acids is 1. The number of nitrogens with one attached hydrogen (secondary N) is 1. The topological polar surface area (TPSA) is 95.2 Å². The maximum absolute atomic E-state index is 11.6. The molecule has 7 heteroatoms. The number of benzene rings is 1. The van der Waals surface area contributed by atoms with Crippen LogP contribution in [0.3, 0.4) is 0 Å². The number of aromatic amines is 1. The van der Waals surface area contributed by atoms with Crippen LogP contribution in [-0.2, 0) is 24.3 Å². The van der Waals surface area contributed by atoms with Crippen molar-refractivity contribution in [2.75, 3.05) is 0 Å². The highest BCUT2D eigenvalue weighted by atomic mass is 16.4. The molecule has 3 aromatic rings. The molecular formula is C17H16N4O3. The maximum atomic E-state index is 11.6. The monoisotopic (exact) mass is 324 g/mol. The normalized spacial score (nSPS) is 17.6. The first-order chi connectivity index (χ1) is 11.7. The van der Waals surface area contributed by atoms with Gasteiger partial charge in [0.2, 0.25) is 5.89 Å². The molecule has 7 nitrogen and oxygen atoms in total. The molecule has 0 saturated carbocycles. The van der Waals surface area contributed by atoms with Crippen LogP contribution in [0.15, 0.2) is 47.3 Å². The minimum Gasteiger partial charge on any atom is -0.480 e. The zero-order chi connectivity index (χ0) is 16.5. The van der Waals surface area contributed by atoms with Gasteiger partial charge < -0.3 is 14.5 Å². The number of H-pyrrole nitrogens is 1.